The van der Waals surface area contributed by atoms with Crippen molar-refractivity contribution in [2.24, 2.45) is 0 Å². The van der Waals surface area contributed by atoms with E-state index in [1.54, 1.807) is 30.5 Å². The van der Waals surface area contributed by atoms with Gasteiger partial charge in [0.15, 0.2) is 0 Å². The number of pyridine rings is 1. The molecule has 1 N–H and O–H groups in total. The van der Waals surface area contributed by atoms with Crippen LogP contribution in [-0.4, -0.2) is 40.8 Å². The standard InChI is InChI=1S/C27H32BrN5O3/c1-6-20-13-21(25-22(8-9-23(32-25)35-5)33(20)27(34)36-7-2)31-24(26-29-14-19(28)15-30-26)18-11-16(3)10-17(4)12-18/h8-12,14-15,20-21,24,31H,6-7,13H2,1-5H3. The summed E-state index contributed by atoms with van der Waals surface area (Å²) in [5.41, 5.74) is 4.86. The third-order valence-electron chi connectivity index (χ3n) is 6.33. The summed E-state index contributed by atoms with van der Waals surface area (Å²) >= 11 is 3.44. The van der Waals surface area contributed by atoms with Crippen LogP contribution in [0.2, 0.25) is 0 Å². The summed E-state index contributed by atoms with van der Waals surface area (Å²) in [4.78, 5) is 28.7. The number of hydrogen-bond donors (Lipinski definition) is 1. The number of methoxy groups -OCH3 is 1. The summed E-state index contributed by atoms with van der Waals surface area (Å²) in [6, 6.07) is 9.60. The summed E-state index contributed by atoms with van der Waals surface area (Å²) in [7, 11) is 1.59. The van der Waals surface area contributed by atoms with Gasteiger partial charge in [0.1, 0.15) is 5.82 Å². The van der Waals surface area contributed by atoms with Crippen molar-refractivity contribution < 1.29 is 14.3 Å². The average Bonchev–Trinajstić information content (AvgIpc) is 2.86. The van der Waals surface area contributed by atoms with Gasteiger partial charge in [-0.25, -0.2) is 19.7 Å². The van der Waals surface area contributed by atoms with Gasteiger partial charge in [-0.3, -0.25) is 10.2 Å². The van der Waals surface area contributed by atoms with Crippen LogP contribution in [0.3, 0.4) is 0 Å². The third-order valence-corrected chi connectivity index (χ3v) is 6.74. The fraction of sp³-hybridized carbons (Fsp3) is 0.407. The summed E-state index contributed by atoms with van der Waals surface area (Å²) < 4.78 is 11.7. The second kappa shape index (κ2) is 11.3. The number of carbonyl (C=O) groups is 1. The molecule has 0 radical (unpaired) electrons. The molecule has 1 aliphatic rings. The molecule has 0 saturated carbocycles. The van der Waals surface area contributed by atoms with Gasteiger partial charge in [0.05, 0.1) is 41.7 Å². The number of nitrogens with one attached hydrogen (secondary N) is 1. The molecule has 3 aromatic rings. The van der Waals surface area contributed by atoms with Crippen LogP contribution in [-0.2, 0) is 4.74 Å². The van der Waals surface area contributed by atoms with E-state index in [0.29, 0.717) is 24.7 Å². The van der Waals surface area contributed by atoms with Crippen LogP contribution in [0.5, 0.6) is 5.88 Å². The molecule has 3 unspecified atom stereocenters. The SMILES string of the molecule is CCOC(=O)N1c2ccc(OC)nc2C(NC(c2cc(C)cc(C)c2)c2ncc(Br)cn2)CC1CC. The van der Waals surface area contributed by atoms with E-state index >= 15 is 0 Å². The lowest BCUT2D eigenvalue weighted by Gasteiger charge is -2.40. The number of halogens is 1. The zero-order valence-electron chi connectivity index (χ0n) is 21.3. The number of carbonyl (C=O) groups excluding carboxylic acids is 1. The Hall–Kier alpha value is -3.04. The highest BCUT2D eigenvalue weighted by molar-refractivity contribution is 9.10. The largest absolute Gasteiger partial charge is 0.481 e. The minimum atomic E-state index is -0.363. The molecule has 1 amide bonds. The van der Waals surface area contributed by atoms with Crippen LogP contribution in [0.15, 0.2) is 47.2 Å². The van der Waals surface area contributed by atoms with Crippen molar-refractivity contribution in [3.63, 3.8) is 0 Å². The van der Waals surface area contributed by atoms with Crippen molar-refractivity contribution >= 4 is 27.7 Å². The first-order valence-electron chi connectivity index (χ1n) is 12.2. The molecule has 0 aliphatic carbocycles. The van der Waals surface area contributed by atoms with Gasteiger partial charge in [-0.15, -0.1) is 0 Å². The number of anilines is 1. The quantitative estimate of drug-likeness (QED) is 0.393. The molecule has 0 spiro atoms. The molecule has 8 nitrogen and oxygen atoms in total. The predicted molar refractivity (Wildman–Crippen MR) is 142 cm³/mol. The van der Waals surface area contributed by atoms with Gasteiger partial charge in [-0.2, -0.15) is 0 Å². The fourth-order valence-electron chi connectivity index (χ4n) is 4.81. The van der Waals surface area contributed by atoms with E-state index in [0.717, 1.165) is 39.0 Å². The Labute approximate surface area is 220 Å². The number of hydrogen-bond acceptors (Lipinski definition) is 7. The normalized spacial score (nSPS) is 17.9. The highest BCUT2D eigenvalue weighted by Crippen LogP contribution is 2.40. The van der Waals surface area contributed by atoms with Crippen LogP contribution in [0.4, 0.5) is 10.5 Å². The smallest absolute Gasteiger partial charge is 0.414 e. The molecule has 3 atom stereocenters. The lowest BCUT2D eigenvalue weighted by atomic mass is 9.91. The summed E-state index contributed by atoms with van der Waals surface area (Å²) in [6.45, 7) is 8.37. The number of aromatic nitrogens is 3. The van der Waals surface area contributed by atoms with E-state index in [9.17, 15) is 4.79 Å². The van der Waals surface area contributed by atoms with E-state index in [1.165, 1.54) is 0 Å². The molecule has 1 aliphatic heterocycles. The zero-order valence-corrected chi connectivity index (χ0v) is 22.9. The van der Waals surface area contributed by atoms with Gasteiger partial charge < -0.3 is 9.47 Å². The second-order valence-electron chi connectivity index (χ2n) is 8.96. The maximum Gasteiger partial charge on any atom is 0.414 e. The summed E-state index contributed by atoms with van der Waals surface area (Å²) in [6.07, 6.45) is 4.57. The molecule has 3 heterocycles. The van der Waals surface area contributed by atoms with Gasteiger partial charge in [-0.05, 0) is 61.2 Å². The molecule has 2 aromatic heterocycles. The molecule has 1 aromatic carbocycles. The molecule has 4 rings (SSSR count). The number of nitrogens with zero attached hydrogens (tertiary/aromatic N) is 4. The van der Waals surface area contributed by atoms with Gasteiger partial charge in [0.25, 0.3) is 0 Å². The first-order valence-corrected chi connectivity index (χ1v) is 13.0. The van der Waals surface area contributed by atoms with E-state index in [-0.39, 0.29) is 24.2 Å². The number of aryl methyl sites for hydroxylation is 2. The number of rotatable bonds is 7. The van der Waals surface area contributed by atoms with Gasteiger partial charge in [0.2, 0.25) is 5.88 Å². The van der Waals surface area contributed by atoms with Crippen molar-refractivity contribution in [2.45, 2.75) is 58.7 Å². The minimum Gasteiger partial charge on any atom is -0.481 e. The molecular formula is C27H32BrN5O3. The number of ether oxygens (including phenoxy) is 2. The number of fused-ring (bicyclic) bond motifs is 1. The summed E-state index contributed by atoms with van der Waals surface area (Å²) in [5.74, 6) is 1.15. The molecule has 0 fully saturated rings. The zero-order chi connectivity index (χ0) is 25.8. The van der Waals surface area contributed by atoms with E-state index in [1.807, 2.05) is 13.0 Å². The molecule has 0 bridgehead atoms. The fourth-order valence-corrected chi connectivity index (χ4v) is 5.02. The van der Waals surface area contributed by atoms with Gasteiger partial charge in [0, 0.05) is 24.5 Å². The van der Waals surface area contributed by atoms with Crippen LogP contribution >= 0.6 is 15.9 Å². The highest BCUT2D eigenvalue weighted by Gasteiger charge is 2.39. The Morgan fingerprint density at radius 1 is 1.17 bits per heavy atom. The Morgan fingerprint density at radius 2 is 1.86 bits per heavy atom. The lowest BCUT2D eigenvalue weighted by molar-refractivity contribution is 0.154. The average molecular weight is 554 g/mol. The lowest BCUT2D eigenvalue weighted by Crippen LogP contribution is -2.48. The first kappa shape index (κ1) is 26.0. The van der Waals surface area contributed by atoms with Crippen LogP contribution in [0.25, 0.3) is 0 Å². The highest BCUT2D eigenvalue weighted by atomic mass is 79.9. The van der Waals surface area contributed by atoms with Crippen molar-refractivity contribution in [1.29, 1.82) is 0 Å². The Kier molecular flexibility index (Phi) is 8.21. The van der Waals surface area contributed by atoms with E-state index in [4.69, 9.17) is 14.5 Å². The van der Waals surface area contributed by atoms with Crippen LogP contribution in [0, 0.1) is 13.8 Å². The molecule has 0 saturated heterocycles. The molecular weight excluding hydrogens is 522 g/mol. The number of benzene rings is 1. The van der Waals surface area contributed by atoms with Crippen molar-refractivity contribution in [3.05, 3.63) is 75.4 Å². The Bertz CT molecular complexity index is 1200. The van der Waals surface area contributed by atoms with Crippen molar-refractivity contribution in [1.82, 2.24) is 20.3 Å². The maximum atomic E-state index is 13.0. The Balaban J connectivity index is 1.81. The van der Waals surface area contributed by atoms with Crippen LogP contribution < -0.4 is 15.0 Å². The Morgan fingerprint density at radius 3 is 2.47 bits per heavy atom. The van der Waals surface area contributed by atoms with Gasteiger partial charge >= 0.3 is 6.09 Å². The van der Waals surface area contributed by atoms with Crippen LogP contribution in [0.1, 0.15) is 67.0 Å². The third kappa shape index (κ3) is 5.52. The predicted octanol–water partition coefficient (Wildman–Crippen LogP) is 5.83. The van der Waals surface area contributed by atoms with E-state index in [2.05, 4.69) is 70.2 Å². The molecule has 36 heavy (non-hydrogen) atoms. The monoisotopic (exact) mass is 553 g/mol. The first-order chi connectivity index (χ1) is 17.3. The van der Waals surface area contributed by atoms with Gasteiger partial charge in [-0.1, -0.05) is 36.2 Å². The maximum absolute atomic E-state index is 13.0. The van der Waals surface area contributed by atoms with Crippen molar-refractivity contribution in [3.8, 4) is 5.88 Å². The summed E-state index contributed by atoms with van der Waals surface area (Å²) in [5, 5.41) is 3.79. The number of amides is 1. The molecule has 190 valence electrons. The second-order valence-corrected chi connectivity index (χ2v) is 9.87. The topological polar surface area (TPSA) is 89.5 Å². The molecule has 9 heteroatoms. The van der Waals surface area contributed by atoms with Crippen molar-refractivity contribution in [2.75, 3.05) is 18.6 Å². The van der Waals surface area contributed by atoms with E-state index < -0.39 is 0 Å². The minimum absolute atomic E-state index is 0.0602.